The highest BCUT2D eigenvalue weighted by molar-refractivity contribution is 5.82. The van der Waals surface area contributed by atoms with Gasteiger partial charge in [-0.3, -0.25) is 9.48 Å². The van der Waals surface area contributed by atoms with Gasteiger partial charge in [-0.2, -0.15) is 5.10 Å². The summed E-state index contributed by atoms with van der Waals surface area (Å²) >= 11 is 0. The highest BCUT2D eigenvalue weighted by Gasteiger charge is 2.62. The maximum atomic E-state index is 13.3. The van der Waals surface area contributed by atoms with Crippen LogP contribution in [0, 0.1) is 46.3 Å². The Morgan fingerprint density at radius 3 is 2.77 bits per heavy atom. The molecule has 1 aromatic rings. The molecule has 0 bridgehead atoms. The quantitative estimate of drug-likeness (QED) is 0.653. The molecule has 8 unspecified atom stereocenters. The summed E-state index contributed by atoms with van der Waals surface area (Å²) in [5.41, 5.74) is 0.594. The molecule has 4 heteroatoms. The maximum Gasteiger partial charge on any atom is 0.157 e. The van der Waals surface area contributed by atoms with E-state index in [1.807, 2.05) is 24.1 Å². The molecule has 0 aliphatic heterocycles. The predicted octanol–water partition coefficient (Wildman–Crippen LogP) is 5.37. The highest BCUT2D eigenvalue weighted by atomic mass is 16.5. The number of carbonyl (C=O) groups is 1. The fraction of sp³-hybridized carbons (Fsp3) is 0.846. The Kier molecular flexibility index (Phi) is 5.36. The minimum atomic E-state index is 0.189. The Morgan fingerprint density at radius 1 is 1.13 bits per heavy atom. The van der Waals surface area contributed by atoms with Gasteiger partial charge in [0.05, 0.1) is 13.2 Å². The third-order valence-corrected chi connectivity index (χ3v) is 10.3. The topological polar surface area (TPSA) is 44.1 Å². The van der Waals surface area contributed by atoms with Crippen LogP contribution in [0.5, 0.6) is 0 Å². The second kappa shape index (κ2) is 7.76. The Balaban J connectivity index is 1.38. The number of methoxy groups -OCH3 is 1. The lowest BCUT2D eigenvalue weighted by molar-refractivity contribution is -0.154. The van der Waals surface area contributed by atoms with E-state index >= 15 is 0 Å². The summed E-state index contributed by atoms with van der Waals surface area (Å²) in [5.74, 6) is 4.68. The molecule has 0 aromatic carbocycles. The van der Waals surface area contributed by atoms with Gasteiger partial charge in [0.1, 0.15) is 0 Å². The second-order valence-corrected chi connectivity index (χ2v) is 11.5. The van der Waals surface area contributed by atoms with Gasteiger partial charge in [0.25, 0.3) is 0 Å². The van der Waals surface area contributed by atoms with Crippen molar-refractivity contribution in [2.45, 2.75) is 78.2 Å². The predicted molar refractivity (Wildman–Crippen MR) is 118 cm³/mol. The minimum Gasteiger partial charge on any atom is -0.384 e. The summed E-state index contributed by atoms with van der Waals surface area (Å²) in [4.78, 5) is 13.3. The zero-order chi connectivity index (χ0) is 20.9. The van der Waals surface area contributed by atoms with E-state index in [1.165, 1.54) is 51.4 Å². The molecule has 0 spiro atoms. The van der Waals surface area contributed by atoms with Crippen molar-refractivity contribution in [3.05, 3.63) is 18.5 Å². The van der Waals surface area contributed by atoms with Crippen LogP contribution < -0.4 is 0 Å². The molecule has 0 N–H and O–H groups in total. The average Bonchev–Trinajstić information content (AvgIpc) is 3.35. The van der Waals surface area contributed by atoms with Gasteiger partial charge in [-0.25, -0.2) is 0 Å². The number of aromatic nitrogens is 2. The number of nitrogens with zero attached hydrogens (tertiary/aromatic N) is 2. The molecule has 30 heavy (non-hydrogen) atoms. The number of ketones is 1. The number of ether oxygens (including phenoxy) is 1. The van der Waals surface area contributed by atoms with E-state index in [0.29, 0.717) is 17.7 Å². The normalized spacial score (nSPS) is 45.4. The molecular weight excluding hydrogens is 372 g/mol. The monoisotopic (exact) mass is 412 g/mol. The van der Waals surface area contributed by atoms with E-state index in [2.05, 4.69) is 18.9 Å². The van der Waals surface area contributed by atoms with Crippen LogP contribution in [-0.4, -0.2) is 29.3 Å². The van der Waals surface area contributed by atoms with Crippen molar-refractivity contribution in [2.24, 2.45) is 46.3 Å². The molecule has 0 saturated heterocycles. The zero-order valence-corrected chi connectivity index (χ0v) is 19.2. The van der Waals surface area contributed by atoms with Gasteiger partial charge < -0.3 is 4.74 Å². The lowest BCUT2D eigenvalue weighted by atomic mass is 9.44. The van der Waals surface area contributed by atoms with Gasteiger partial charge in [-0.1, -0.05) is 20.3 Å². The molecule has 0 radical (unpaired) electrons. The number of Topliss-reactive ketones (excluding diaryl/α,β-unsaturated/α-hetero) is 1. The number of hydrogen-bond donors (Lipinski definition) is 0. The first-order valence-corrected chi connectivity index (χ1v) is 12.5. The van der Waals surface area contributed by atoms with Gasteiger partial charge in [-0.15, -0.1) is 0 Å². The van der Waals surface area contributed by atoms with Crippen LogP contribution in [0.15, 0.2) is 18.5 Å². The Morgan fingerprint density at radius 2 is 2.00 bits per heavy atom. The van der Waals surface area contributed by atoms with E-state index in [0.717, 1.165) is 42.6 Å². The van der Waals surface area contributed by atoms with Gasteiger partial charge in [0.15, 0.2) is 5.78 Å². The first-order chi connectivity index (χ1) is 14.5. The summed E-state index contributed by atoms with van der Waals surface area (Å²) in [5, 5.41) is 4.28. The van der Waals surface area contributed by atoms with Gasteiger partial charge in [0.2, 0.25) is 0 Å². The van der Waals surface area contributed by atoms with Gasteiger partial charge in [0, 0.05) is 25.4 Å². The maximum absolute atomic E-state index is 13.3. The van der Waals surface area contributed by atoms with Gasteiger partial charge >= 0.3 is 0 Å². The average molecular weight is 413 g/mol. The van der Waals surface area contributed by atoms with Gasteiger partial charge in [-0.05, 0) is 97.9 Å². The Bertz CT molecular complexity index is 761. The van der Waals surface area contributed by atoms with Crippen molar-refractivity contribution in [3.8, 4) is 0 Å². The molecule has 8 atom stereocenters. The summed E-state index contributed by atoms with van der Waals surface area (Å²) in [6, 6.07) is 1.91. The Labute approximate surface area is 182 Å². The Hall–Kier alpha value is -1.16. The first kappa shape index (κ1) is 20.7. The number of rotatable bonds is 5. The van der Waals surface area contributed by atoms with E-state index in [9.17, 15) is 4.79 Å². The molecule has 1 aromatic heterocycles. The van der Waals surface area contributed by atoms with Crippen molar-refractivity contribution in [1.29, 1.82) is 0 Å². The van der Waals surface area contributed by atoms with Crippen LogP contribution in [0.3, 0.4) is 0 Å². The molecule has 4 saturated carbocycles. The van der Waals surface area contributed by atoms with Crippen LogP contribution in [-0.2, 0) is 16.1 Å². The lowest BCUT2D eigenvalue weighted by Crippen LogP contribution is -2.56. The third kappa shape index (κ3) is 3.12. The van der Waals surface area contributed by atoms with Crippen LogP contribution >= 0.6 is 0 Å². The standard InChI is InChI=1S/C26H40N2O2/c1-18-9-12-26(17-30-3)19(15-18)5-6-20-21-7-8-23(25(21,2)11-10-22(20)26)24(29)16-28-14-4-13-27-28/h4,13-14,18-23H,5-12,15-17H2,1-3H3. The van der Waals surface area contributed by atoms with E-state index in [1.54, 1.807) is 6.20 Å². The molecule has 4 aliphatic rings. The molecule has 1 heterocycles. The van der Waals surface area contributed by atoms with Crippen molar-refractivity contribution < 1.29 is 9.53 Å². The second-order valence-electron chi connectivity index (χ2n) is 11.5. The smallest absolute Gasteiger partial charge is 0.157 e. The van der Waals surface area contributed by atoms with Crippen LogP contribution in [0.1, 0.15) is 71.6 Å². The molecular formula is C26H40N2O2. The molecule has 4 nitrogen and oxygen atoms in total. The summed E-state index contributed by atoms with van der Waals surface area (Å²) in [7, 11) is 1.92. The molecule has 4 aliphatic carbocycles. The fourth-order valence-corrected chi connectivity index (χ4v) is 9.01. The van der Waals surface area contributed by atoms with E-state index < -0.39 is 0 Å². The largest absolute Gasteiger partial charge is 0.384 e. The number of hydrogen-bond acceptors (Lipinski definition) is 3. The number of carbonyl (C=O) groups excluding carboxylic acids is 1. The van der Waals surface area contributed by atoms with Crippen molar-refractivity contribution in [3.63, 3.8) is 0 Å². The molecule has 166 valence electrons. The van der Waals surface area contributed by atoms with Crippen LogP contribution in [0.25, 0.3) is 0 Å². The van der Waals surface area contributed by atoms with E-state index in [4.69, 9.17) is 4.74 Å². The molecule has 5 rings (SSSR count). The molecule has 4 fully saturated rings. The van der Waals surface area contributed by atoms with Crippen molar-refractivity contribution in [1.82, 2.24) is 9.78 Å². The van der Waals surface area contributed by atoms with Crippen LogP contribution in [0.4, 0.5) is 0 Å². The van der Waals surface area contributed by atoms with Crippen molar-refractivity contribution in [2.75, 3.05) is 13.7 Å². The zero-order valence-electron chi connectivity index (χ0n) is 19.2. The first-order valence-electron chi connectivity index (χ1n) is 12.5. The summed E-state index contributed by atoms with van der Waals surface area (Å²) in [6.07, 6.45) is 15.5. The summed E-state index contributed by atoms with van der Waals surface area (Å²) in [6.45, 7) is 6.32. The third-order valence-electron chi connectivity index (χ3n) is 10.3. The van der Waals surface area contributed by atoms with Crippen LogP contribution in [0.2, 0.25) is 0 Å². The highest BCUT2D eigenvalue weighted by Crippen LogP contribution is 2.68. The minimum absolute atomic E-state index is 0.189. The SMILES string of the molecule is COCC12CCC(C)CC1CCC1C3CCC(C(=O)Cn4cccn4)C3(C)CCC12. The lowest BCUT2D eigenvalue weighted by Gasteiger charge is -2.61. The van der Waals surface area contributed by atoms with Crippen molar-refractivity contribution >= 4 is 5.78 Å². The summed E-state index contributed by atoms with van der Waals surface area (Å²) < 4.78 is 7.73. The fourth-order valence-electron chi connectivity index (χ4n) is 9.01. The molecule has 0 amide bonds. The number of fused-ring (bicyclic) bond motifs is 5. The van der Waals surface area contributed by atoms with E-state index in [-0.39, 0.29) is 11.3 Å².